The van der Waals surface area contributed by atoms with Crippen LogP contribution >= 0.6 is 11.8 Å². The molecule has 9 heteroatoms. The van der Waals surface area contributed by atoms with Crippen LogP contribution in [0.2, 0.25) is 0 Å². The third kappa shape index (κ3) is 3.88. The van der Waals surface area contributed by atoms with Crippen LogP contribution < -0.4 is 10.1 Å². The van der Waals surface area contributed by atoms with Crippen molar-refractivity contribution in [1.82, 2.24) is 15.3 Å². The highest BCUT2D eigenvalue weighted by Gasteiger charge is 2.47. The number of ether oxygens (including phenoxy) is 2. The summed E-state index contributed by atoms with van der Waals surface area (Å²) in [6.45, 7) is 5.27. The van der Waals surface area contributed by atoms with Crippen molar-refractivity contribution in [3.05, 3.63) is 71.2 Å². The van der Waals surface area contributed by atoms with Crippen LogP contribution in [-0.4, -0.2) is 45.3 Å². The standard InChI is InChI=1S/C27H22N4O4S/c1-16-3-5-18(11-28-16)19-10-21-23(29-12-19)35-22-6-4-17(7-8-26(2)13-34-14-26)9-20(22)27(21)15-36-24(31-27)30-25(32)33/h3-6,9-12H,13-15H2,1-2H3,(H,30,31)(H,32,33). The number of carboxylic acid groups (broad SMARTS) is 1. The molecule has 6 rings (SSSR count). The summed E-state index contributed by atoms with van der Waals surface area (Å²) in [4.78, 5) is 25.3. The first kappa shape index (κ1) is 22.6. The molecule has 2 aromatic heterocycles. The van der Waals surface area contributed by atoms with Crippen molar-refractivity contribution in [1.29, 1.82) is 0 Å². The zero-order valence-corrected chi connectivity index (χ0v) is 20.5. The highest BCUT2D eigenvalue weighted by Crippen LogP contribution is 2.53. The molecule has 0 saturated carbocycles. The average Bonchev–Trinajstić information content (AvgIpc) is 3.26. The number of hydrogen-bond donors (Lipinski definition) is 2. The number of amidine groups is 1. The number of carbonyl (C=O) groups is 1. The number of aromatic nitrogens is 2. The first-order chi connectivity index (χ1) is 17.3. The molecule has 1 saturated heterocycles. The number of rotatable bonds is 1. The van der Waals surface area contributed by atoms with Crippen LogP contribution in [-0.2, 0) is 10.3 Å². The van der Waals surface area contributed by atoms with E-state index < -0.39 is 11.6 Å². The topological polar surface area (TPSA) is 106 Å². The number of nitrogens with one attached hydrogen (secondary N) is 1. The monoisotopic (exact) mass is 498 g/mol. The highest BCUT2D eigenvalue weighted by molar-refractivity contribution is 8.14. The number of benzene rings is 1. The van der Waals surface area contributed by atoms with E-state index in [0.29, 0.717) is 35.8 Å². The minimum absolute atomic E-state index is 0.141. The van der Waals surface area contributed by atoms with Crippen LogP contribution in [0.3, 0.4) is 0 Å². The fourth-order valence-corrected chi connectivity index (χ4v) is 5.54. The number of fused-ring (bicyclic) bond motifs is 4. The Balaban J connectivity index is 1.49. The molecule has 180 valence electrons. The van der Waals surface area contributed by atoms with Gasteiger partial charge in [0, 0.05) is 51.7 Å². The van der Waals surface area contributed by atoms with Gasteiger partial charge in [0.05, 0.1) is 18.6 Å². The molecule has 0 bridgehead atoms. The van der Waals surface area contributed by atoms with Gasteiger partial charge in [-0.1, -0.05) is 29.7 Å². The Labute approximate surface area is 212 Å². The molecule has 5 heterocycles. The first-order valence-corrected chi connectivity index (χ1v) is 12.4. The van der Waals surface area contributed by atoms with E-state index >= 15 is 0 Å². The molecule has 0 aliphatic carbocycles. The molecule has 8 nitrogen and oxygen atoms in total. The molecule has 0 radical (unpaired) electrons. The molecule has 1 spiro atoms. The van der Waals surface area contributed by atoms with Crippen molar-refractivity contribution in [2.45, 2.75) is 19.4 Å². The summed E-state index contributed by atoms with van der Waals surface area (Å²) in [6.07, 6.45) is 2.41. The maximum atomic E-state index is 11.4. The van der Waals surface area contributed by atoms with Gasteiger partial charge in [0.1, 0.15) is 11.3 Å². The summed E-state index contributed by atoms with van der Waals surface area (Å²) in [7, 11) is 0. The molecule has 1 unspecified atom stereocenters. The second kappa shape index (κ2) is 8.36. The van der Waals surface area contributed by atoms with Crippen LogP contribution in [0, 0.1) is 24.2 Å². The largest absolute Gasteiger partial charge is 0.465 e. The molecule has 1 aromatic carbocycles. The van der Waals surface area contributed by atoms with Crippen molar-refractivity contribution >= 4 is 23.0 Å². The van der Waals surface area contributed by atoms with Gasteiger partial charge in [-0.15, -0.1) is 0 Å². The van der Waals surface area contributed by atoms with Gasteiger partial charge in [0.15, 0.2) is 5.17 Å². The van der Waals surface area contributed by atoms with E-state index in [4.69, 9.17) is 14.5 Å². The molecule has 1 atom stereocenters. The van der Waals surface area contributed by atoms with Crippen LogP contribution in [0.25, 0.3) is 11.1 Å². The number of hydrogen-bond acceptors (Lipinski definition) is 7. The second-order valence-corrected chi connectivity index (χ2v) is 10.3. The Bertz CT molecular complexity index is 1490. The van der Waals surface area contributed by atoms with E-state index in [2.05, 4.69) is 34.0 Å². The number of aliphatic imine (C=N–C) groups is 1. The Morgan fingerprint density at radius 2 is 1.94 bits per heavy atom. The molecule has 1 fully saturated rings. The second-order valence-electron chi connectivity index (χ2n) is 9.38. The fourth-order valence-electron chi connectivity index (χ4n) is 4.44. The Hall–Kier alpha value is -3.87. The van der Waals surface area contributed by atoms with Gasteiger partial charge < -0.3 is 14.6 Å². The van der Waals surface area contributed by atoms with E-state index in [1.54, 1.807) is 6.20 Å². The predicted molar refractivity (Wildman–Crippen MR) is 136 cm³/mol. The van der Waals surface area contributed by atoms with Crippen LogP contribution in [0.4, 0.5) is 4.79 Å². The van der Waals surface area contributed by atoms with Gasteiger partial charge in [-0.25, -0.2) is 14.8 Å². The average molecular weight is 499 g/mol. The van der Waals surface area contributed by atoms with Crippen molar-refractivity contribution in [3.63, 3.8) is 0 Å². The smallest absolute Gasteiger partial charge is 0.410 e. The molecule has 3 aliphatic rings. The Kier molecular flexibility index (Phi) is 5.25. The lowest BCUT2D eigenvalue weighted by atomic mass is 9.81. The number of pyridine rings is 2. The molecule has 1 amide bonds. The highest BCUT2D eigenvalue weighted by atomic mass is 32.2. The molecule has 3 aromatic rings. The molecule has 2 N–H and O–H groups in total. The molecule has 3 aliphatic heterocycles. The van der Waals surface area contributed by atoms with Gasteiger partial charge in [-0.05, 0) is 44.2 Å². The minimum atomic E-state index is -1.15. The lowest BCUT2D eigenvalue weighted by Crippen LogP contribution is -2.38. The zero-order chi connectivity index (χ0) is 24.9. The maximum Gasteiger partial charge on any atom is 0.410 e. The zero-order valence-electron chi connectivity index (χ0n) is 19.7. The Morgan fingerprint density at radius 3 is 2.67 bits per heavy atom. The van der Waals surface area contributed by atoms with E-state index in [1.165, 1.54) is 11.8 Å². The summed E-state index contributed by atoms with van der Waals surface area (Å²) in [5.74, 6) is 8.17. The quantitative estimate of drug-likeness (QED) is 0.474. The summed E-state index contributed by atoms with van der Waals surface area (Å²) >= 11 is 1.35. The number of thioether (sulfide) groups is 1. The van der Waals surface area contributed by atoms with Gasteiger partial charge in [0.2, 0.25) is 5.88 Å². The van der Waals surface area contributed by atoms with E-state index in [0.717, 1.165) is 33.5 Å². The Morgan fingerprint density at radius 1 is 1.11 bits per heavy atom. The number of nitrogens with zero attached hydrogens (tertiary/aromatic N) is 3. The lowest BCUT2D eigenvalue weighted by molar-refractivity contribution is -0.0648. The summed E-state index contributed by atoms with van der Waals surface area (Å²) in [5, 5.41) is 12.1. The maximum absolute atomic E-state index is 11.4. The van der Waals surface area contributed by atoms with E-state index in [9.17, 15) is 9.90 Å². The third-order valence-corrected chi connectivity index (χ3v) is 7.48. The number of amides is 1. The van der Waals surface area contributed by atoms with Gasteiger partial charge in [-0.2, -0.15) is 0 Å². The summed E-state index contributed by atoms with van der Waals surface area (Å²) in [5.41, 5.74) is 4.13. The summed E-state index contributed by atoms with van der Waals surface area (Å²) in [6, 6.07) is 11.7. The first-order valence-electron chi connectivity index (χ1n) is 11.4. The van der Waals surface area contributed by atoms with Crippen molar-refractivity contribution in [3.8, 4) is 34.6 Å². The lowest BCUT2D eigenvalue weighted by Gasteiger charge is -2.34. The van der Waals surface area contributed by atoms with Gasteiger partial charge >= 0.3 is 6.09 Å². The van der Waals surface area contributed by atoms with Crippen LogP contribution in [0.5, 0.6) is 11.6 Å². The number of aryl methyl sites for hydroxylation is 1. The van der Waals surface area contributed by atoms with Gasteiger partial charge in [0.25, 0.3) is 0 Å². The fraction of sp³-hybridized carbons (Fsp3) is 0.259. The van der Waals surface area contributed by atoms with Crippen molar-refractivity contribution < 1.29 is 19.4 Å². The van der Waals surface area contributed by atoms with Crippen molar-refractivity contribution in [2.24, 2.45) is 10.4 Å². The van der Waals surface area contributed by atoms with Crippen molar-refractivity contribution in [2.75, 3.05) is 19.0 Å². The summed E-state index contributed by atoms with van der Waals surface area (Å²) < 4.78 is 11.5. The van der Waals surface area contributed by atoms with Crippen LogP contribution in [0.15, 0.2) is 53.8 Å². The molecular weight excluding hydrogens is 476 g/mol. The van der Waals surface area contributed by atoms with E-state index in [-0.39, 0.29) is 5.41 Å². The SMILES string of the molecule is Cc1ccc(-c2cnc3c(c2)C2(CSC(NC(=O)O)=N2)c2cc(C#CC4(C)COC4)ccc2O3)cn1. The molecular formula is C27H22N4O4S. The van der Waals surface area contributed by atoms with E-state index in [1.807, 2.05) is 49.5 Å². The van der Waals surface area contributed by atoms with Crippen LogP contribution in [0.1, 0.15) is 29.3 Å². The normalized spacial score (nSPS) is 20.7. The minimum Gasteiger partial charge on any atom is -0.465 e. The predicted octanol–water partition coefficient (Wildman–Crippen LogP) is 4.56. The third-order valence-electron chi connectivity index (χ3n) is 6.45. The van der Waals surface area contributed by atoms with Gasteiger partial charge in [-0.3, -0.25) is 10.3 Å². The molecule has 36 heavy (non-hydrogen) atoms.